The maximum Gasteiger partial charge on any atom is 0.0645 e. The Morgan fingerprint density at radius 2 is 1.96 bits per heavy atom. The van der Waals surface area contributed by atoms with E-state index in [1.165, 1.54) is 37.9 Å². The molecule has 2 aromatic rings. The smallest absolute Gasteiger partial charge is 0.0645 e. The van der Waals surface area contributed by atoms with Crippen LogP contribution >= 0.6 is 12.4 Å². The largest absolute Gasteiger partial charge is 0.327 e. The molecule has 2 heterocycles. The molecule has 0 spiro atoms. The molecule has 23 heavy (non-hydrogen) atoms. The molecule has 1 aromatic heterocycles. The van der Waals surface area contributed by atoms with Crippen molar-refractivity contribution in [2.45, 2.75) is 31.8 Å². The maximum absolute atomic E-state index is 6.31. The second kappa shape index (κ2) is 7.04. The van der Waals surface area contributed by atoms with Gasteiger partial charge < -0.3 is 5.73 Å². The van der Waals surface area contributed by atoms with Crippen LogP contribution in [0.1, 0.15) is 24.8 Å². The van der Waals surface area contributed by atoms with Gasteiger partial charge in [0.25, 0.3) is 0 Å². The standard InChI is InChI=1S/C18H24N4.ClH/c19-18-4-1-3-15-12-21(13-17(15)18)11-14-5-7-16(8-6-14)22-10-2-9-20-22;/h2,5-10,15,17-18H,1,3-4,11-13,19H2;1H. The molecule has 2 aliphatic rings. The van der Waals surface area contributed by atoms with Crippen LogP contribution < -0.4 is 5.73 Å². The summed E-state index contributed by atoms with van der Waals surface area (Å²) in [5, 5.41) is 4.27. The molecular formula is C18H25ClN4. The Morgan fingerprint density at radius 3 is 2.65 bits per heavy atom. The van der Waals surface area contributed by atoms with E-state index in [0.717, 1.165) is 24.1 Å². The van der Waals surface area contributed by atoms with E-state index in [0.29, 0.717) is 6.04 Å². The van der Waals surface area contributed by atoms with Gasteiger partial charge in [-0.1, -0.05) is 18.6 Å². The number of hydrogen-bond acceptors (Lipinski definition) is 3. The number of aromatic nitrogens is 2. The Labute approximate surface area is 144 Å². The van der Waals surface area contributed by atoms with E-state index in [4.69, 9.17) is 5.73 Å². The topological polar surface area (TPSA) is 47.1 Å². The van der Waals surface area contributed by atoms with Gasteiger partial charge in [0, 0.05) is 38.1 Å². The Morgan fingerprint density at radius 1 is 1.13 bits per heavy atom. The number of nitrogens with two attached hydrogens (primary N) is 1. The highest BCUT2D eigenvalue weighted by atomic mass is 35.5. The van der Waals surface area contributed by atoms with Crippen LogP contribution in [0.4, 0.5) is 0 Å². The van der Waals surface area contributed by atoms with Gasteiger partial charge in [0.05, 0.1) is 5.69 Å². The Bertz CT molecular complexity index is 610. The first-order valence-electron chi connectivity index (χ1n) is 8.36. The van der Waals surface area contributed by atoms with Crippen molar-refractivity contribution in [2.75, 3.05) is 13.1 Å². The summed E-state index contributed by atoms with van der Waals surface area (Å²) in [4.78, 5) is 2.59. The van der Waals surface area contributed by atoms with Gasteiger partial charge >= 0.3 is 0 Å². The predicted molar refractivity (Wildman–Crippen MR) is 94.9 cm³/mol. The van der Waals surface area contributed by atoms with Crippen molar-refractivity contribution in [3.63, 3.8) is 0 Å². The Hall–Kier alpha value is -1.36. The third kappa shape index (κ3) is 3.44. The molecule has 124 valence electrons. The maximum atomic E-state index is 6.31. The SMILES string of the molecule is Cl.NC1CCCC2CN(Cc3ccc(-n4cccn4)cc3)CC12. The zero-order valence-electron chi connectivity index (χ0n) is 13.3. The molecule has 3 atom stereocenters. The summed E-state index contributed by atoms with van der Waals surface area (Å²) < 4.78 is 1.90. The minimum atomic E-state index is 0. The first kappa shape index (κ1) is 16.5. The van der Waals surface area contributed by atoms with Crippen molar-refractivity contribution in [3.05, 3.63) is 48.3 Å². The summed E-state index contributed by atoms with van der Waals surface area (Å²) in [6, 6.07) is 11.1. The molecule has 2 N–H and O–H groups in total. The second-order valence-corrected chi connectivity index (χ2v) is 6.83. The van der Waals surface area contributed by atoms with E-state index in [2.05, 4.69) is 34.3 Å². The van der Waals surface area contributed by atoms with E-state index in [1.807, 2.05) is 23.1 Å². The predicted octanol–water partition coefficient (Wildman–Crippen LogP) is 2.85. The van der Waals surface area contributed by atoms with Gasteiger partial charge in [0.15, 0.2) is 0 Å². The summed E-state index contributed by atoms with van der Waals surface area (Å²) in [6.07, 6.45) is 7.68. The first-order chi connectivity index (χ1) is 10.8. The third-order valence-electron chi connectivity index (χ3n) is 5.34. The zero-order chi connectivity index (χ0) is 14.9. The number of fused-ring (bicyclic) bond motifs is 1. The molecule has 0 radical (unpaired) electrons. The zero-order valence-corrected chi connectivity index (χ0v) is 14.2. The summed E-state index contributed by atoms with van der Waals surface area (Å²) in [6.45, 7) is 3.44. The normalized spacial score (nSPS) is 27.4. The monoisotopic (exact) mass is 332 g/mol. The number of halogens is 1. The number of benzene rings is 1. The van der Waals surface area contributed by atoms with Crippen molar-refractivity contribution in [3.8, 4) is 5.69 Å². The lowest BCUT2D eigenvalue weighted by molar-refractivity contribution is 0.259. The molecule has 0 bridgehead atoms. The molecule has 4 nitrogen and oxygen atoms in total. The summed E-state index contributed by atoms with van der Waals surface area (Å²) in [7, 11) is 0. The lowest BCUT2D eigenvalue weighted by Crippen LogP contribution is -2.38. The molecule has 4 rings (SSSR count). The molecule has 3 unspecified atom stereocenters. The molecule has 1 aliphatic heterocycles. The number of nitrogens with zero attached hydrogens (tertiary/aromatic N) is 3. The van der Waals surface area contributed by atoms with Gasteiger partial charge in [-0.3, -0.25) is 4.90 Å². The molecular weight excluding hydrogens is 308 g/mol. The molecule has 1 aliphatic carbocycles. The van der Waals surface area contributed by atoms with Crippen molar-refractivity contribution < 1.29 is 0 Å². The Kier molecular flexibility index (Phi) is 5.05. The van der Waals surface area contributed by atoms with Crippen LogP contribution in [0.25, 0.3) is 5.69 Å². The van der Waals surface area contributed by atoms with E-state index < -0.39 is 0 Å². The third-order valence-corrected chi connectivity index (χ3v) is 5.34. The molecule has 2 fully saturated rings. The van der Waals surface area contributed by atoms with Gasteiger partial charge in [-0.05, 0) is 48.4 Å². The first-order valence-corrected chi connectivity index (χ1v) is 8.36. The van der Waals surface area contributed by atoms with Gasteiger partial charge in [0.2, 0.25) is 0 Å². The summed E-state index contributed by atoms with van der Waals surface area (Å²) in [5.74, 6) is 1.55. The lowest BCUT2D eigenvalue weighted by atomic mass is 9.78. The molecule has 5 heteroatoms. The van der Waals surface area contributed by atoms with Crippen LogP contribution in [0, 0.1) is 11.8 Å². The van der Waals surface area contributed by atoms with Gasteiger partial charge in [-0.25, -0.2) is 4.68 Å². The van der Waals surface area contributed by atoms with E-state index in [1.54, 1.807) is 0 Å². The Balaban J connectivity index is 0.00000156. The highest BCUT2D eigenvalue weighted by Gasteiger charge is 2.38. The minimum Gasteiger partial charge on any atom is -0.327 e. The van der Waals surface area contributed by atoms with Crippen molar-refractivity contribution in [1.29, 1.82) is 0 Å². The number of rotatable bonds is 3. The lowest BCUT2D eigenvalue weighted by Gasteiger charge is -2.29. The summed E-state index contributed by atoms with van der Waals surface area (Å²) in [5.41, 5.74) is 8.81. The van der Waals surface area contributed by atoms with Crippen LogP contribution in [-0.4, -0.2) is 33.8 Å². The number of hydrogen-bond donors (Lipinski definition) is 1. The molecule has 1 aromatic carbocycles. The fourth-order valence-electron chi connectivity index (χ4n) is 4.17. The quantitative estimate of drug-likeness (QED) is 0.940. The summed E-state index contributed by atoms with van der Waals surface area (Å²) >= 11 is 0. The van der Waals surface area contributed by atoms with E-state index in [-0.39, 0.29) is 12.4 Å². The number of likely N-dealkylation sites (tertiary alicyclic amines) is 1. The fourth-order valence-corrected chi connectivity index (χ4v) is 4.17. The molecule has 1 saturated heterocycles. The van der Waals surface area contributed by atoms with Gasteiger partial charge in [0.1, 0.15) is 0 Å². The van der Waals surface area contributed by atoms with Gasteiger partial charge in [-0.15, -0.1) is 12.4 Å². The van der Waals surface area contributed by atoms with Crippen molar-refractivity contribution in [2.24, 2.45) is 17.6 Å². The minimum absolute atomic E-state index is 0. The highest BCUT2D eigenvalue weighted by molar-refractivity contribution is 5.85. The van der Waals surface area contributed by atoms with Crippen LogP contribution in [0.5, 0.6) is 0 Å². The average Bonchev–Trinajstić information content (AvgIpc) is 3.18. The average molecular weight is 333 g/mol. The van der Waals surface area contributed by atoms with Gasteiger partial charge in [-0.2, -0.15) is 5.10 Å². The van der Waals surface area contributed by atoms with Crippen molar-refractivity contribution in [1.82, 2.24) is 14.7 Å². The van der Waals surface area contributed by atoms with Crippen LogP contribution in [-0.2, 0) is 6.54 Å². The van der Waals surface area contributed by atoms with Crippen LogP contribution in [0.15, 0.2) is 42.7 Å². The highest BCUT2D eigenvalue weighted by Crippen LogP contribution is 2.36. The van der Waals surface area contributed by atoms with Crippen LogP contribution in [0.3, 0.4) is 0 Å². The second-order valence-electron chi connectivity index (χ2n) is 6.83. The molecule has 1 saturated carbocycles. The van der Waals surface area contributed by atoms with E-state index >= 15 is 0 Å². The van der Waals surface area contributed by atoms with Crippen molar-refractivity contribution >= 4 is 12.4 Å². The fraction of sp³-hybridized carbons (Fsp3) is 0.500. The van der Waals surface area contributed by atoms with E-state index in [9.17, 15) is 0 Å². The molecule has 0 amide bonds. The van der Waals surface area contributed by atoms with Crippen LogP contribution in [0.2, 0.25) is 0 Å².